The minimum absolute atomic E-state index is 0.0830. The Kier molecular flexibility index (Phi) is 6.11. The number of benzene rings is 2. The topological polar surface area (TPSA) is 94.0 Å². The predicted molar refractivity (Wildman–Crippen MR) is 129 cm³/mol. The molecule has 4 aromatic rings. The van der Waals surface area contributed by atoms with E-state index in [1.807, 2.05) is 51.2 Å². The van der Waals surface area contributed by atoms with Gasteiger partial charge in [0.25, 0.3) is 5.91 Å². The fourth-order valence-corrected chi connectivity index (χ4v) is 3.70. The number of nitrogens with two attached hydrogens (primary N) is 1. The fourth-order valence-electron chi connectivity index (χ4n) is 3.70. The van der Waals surface area contributed by atoms with Crippen LogP contribution in [0, 0.1) is 6.92 Å². The largest absolute Gasteiger partial charge is 0.395 e. The number of hydrogen-bond acceptors (Lipinski definition) is 4. The summed E-state index contributed by atoms with van der Waals surface area (Å²) < 4.78 is 1.72. The minimum atomic E-state index is -0.531. The van der Waals surface area contributed by atoms with Crippen LogP contribution < -0.4 is 5.73 Å². The zero-order valence-electron chi connectivity index (χ0n) is 19.1. The lowest BCUT2D eigenvalue weighted by atomic mass is 9.86. The van der Waals surface area contributed by atoms with Crippen LogP contribution in [0.3, 0.4) is 0 Å². The highest BCUT2D eigenvalue weighted by Crippen LogP contribution is 2.25. The second-order valence-electron chi connectivity index (χ2n) is 8.96. The molecule has 2 aromatic carbocycles. The van der Waals surface area contributed by atoms with Crippen LogP contribution in [0.25, 0.3) is 16.9 Å². The van der Waals surface area contributed by atoms with Crippen LogP contribution in [-0.4, -0.2) is 32.4 Å². The first-order chi connectivity index (χ1) is 15.8. The molecular weight excluding hydrogens is 412 g/mol. The number of amides is 1. The standard InChI is InChI=1S/C27H28N4O2/c1-18-14-25(26(28)33)30-31(18)23-11-6-20(7-12-23)15-19-4-8-21(9-5-19)24-13-10-22(16-29-24)27(2,3)17-32/h4-14,16,32H,15,17H2,1-3H3,(H2,28,33). The van der Waals surface area contributed by atoms with Gasteiger partial charge in [-0.3, -0.25) is 9.78 Å². The Morgan fingerprint density at radius 3 is 2.15 bits per heavy atom. The van der Waals surface area contributed by atoms with Crippen molar-refractivity contribution in [1.29, 1.82) is 0 Å². The summed E-state index contributed by atoms with van der Waals surface area (Å²) in [5.74, 6) is -0.531. The van der Waals surface area contributed by atoms with E-state index < -0.39 is 5.91 Å². The number of aliphatic hydroxyl groups excluding tert-OH is 1. The number of aryl methyl sites for hydroxylation is 1. The van der Waals surface area contributed by atoms with E-state index in [0.29, 0.717) is 0 Å². The summed E-state index contributed by atoms with van der Waals surface area (Å²) in [6.45, 7) is 5.98. The average molecular weight is 441 g/mol. The van der Waals surface area contributed by atoms with Crippen LogP contribution in [0.4, 0.5) is 0 Å². The van der Waals surface area contributed by atoms with Crippen molar-refractivity contribution >= 4 is 5.91 Å². The zero-order valence-corrected chi connectivity index (χ0v) is 19.1. The molecule has 1 amide bonds. The Labute approximate surface area is 193 Å². The number of carbonyl (C=O) groups excluding carboxylic acids is 1. The van der Waals surface area contributed by atoms with Gasteiger partial charge < -0.3 is 10.8 Å². The van der Waals surface area contributed by atoms with Crippen molar-refractivity contribution in [3.63, 3.8) is 0 Å². The third-order valence-electron chi connectivity index (χ3n) is 5.92. The van der Waals surface area contributed by atoms with Crippen molar-refractivity contribution in [3.8, 4) is 16.9 Å². The highest BCUT2D eigenvalue weighted by Gasteiger charge is 2.19. The Morgan fingerprint density at radius 1 is 1.00 bits per heavy atom. The predicted octanol–water partition coefficient (Wildman–Crippen LogP) is 4.20. The molecule has 2 heterocycles. The van der Waals surface area contributed by atoms with Crippen LogP contribution in [-0.2, 0) is 11.8 Å². The quantitative estimate of drug-likeness (QED) is 0.450. The molecule has 0 aliphatic carbocycles. The molecule has 6 heteroatoms. The van der Waals surface area contributed by atoms with E-state index in [2.05, 4.69) is 46.5 Å². The van der Waals surface area contributed by atoms with E-state index in [0.717, 1.165) is 34.6 Å². The number of carbonyl (C=O) groups is 1. The Bertz CT molecular complexity index is 1260. The first kappa shape index (κ1) is 22.4. The Hall–Kier alpha value is -3.77. The van der Waals surface area contributed by atoms with Gasteiger partial charge in [0.1, 0.15) is 0 Å². The third kappa shape index (κ3) is 4.86. The van der Waals surface area contributed by atoms with Crippen LogP contribution >= 0.6 is 0 Å². The smallest absolute Gasteiger partial charge is 0.269 e. The van der Waals surface area contributed by atoms with E-state index >= 15 is 0 Å². The van der Waals surface area contributed by atoms with Crippen LogP contribution in [0.15, 0.2) is 72.9 Å². The molecule has 0 atom stereocenters. The molecule has 6 nitrogen and oxygen atoms in total. The molecule has 0 unspecified atom stereocenters. The molecule has 0 fully saturated rings. The second-order valence-corrected chi connectivity index (χ2v) is 8.96. The molecule has 0 saturated carbocycles. The maximum absolute atomic E-state index is 11.4. The molecule has 33 heavy (non-hydrogen) atoms. The SMILES string of the molecule is Cc1cc(C(N)=O)nn1-c1ccc(Cc2ccc(-c3ccc(C(C)(C)CO)cn3)cc2)cc1. The van der Waals surface area contributed by atoms with Gasteiger partial charge in [0, 0.05) is 22.9 Å². The van der Waals surface area contributed by atoms with Crippen molar-refractivity contribution in [2.45, 2.75) is 32.6 Å². The van der Waals surface area contributed by atoms with Gasteiger partial charge in [0.15, 0.2) is 5.69 Å². The fraction of sp³-hybridized carbons (Fsp3) is 0.222. The average Bonchev–Trinajstić information content (AvgIpc) is 3.22. The van der Waals surface area contributed by atoms with E-state index in [4.69, 9.17) is 5.73 Å². The Balaban J connectivity index is 1.45. The second kappa shape index (κ2) is 9.00. The summed E-state index contributed by atoms with van der Waals surface area (Å²) in [5.41, 5.74) is 12.4. The van der Waals surface area contributed by atoms with Crippen molar-refractivity contribution in [3.05, 3.63) is 101 Å². The summed E-state index contributed by atoms with van der Waals surface area (Å²) in [6, 6.07) is 22.2. The molecule has 2 aromatic heterocycles. The van der Waals surface area contributed by atoms with Crippen molar-refractivity contribution in [2.75, 3.05) is 6.61 Å². The zero-order chi connectivity index (χ0) is 23.6. The molecule has 0 bridgehead atoms. The van der Waals surface area contributed by atoms with Crippen LogP contribution in [0.2, 0.25) is 0 Å². The van der Waals surface area contributed by atoms with Gasteiger partial charge in [-0.15, -0.1) is 0 Å². The van der Waals surface area contributed by atoms with E-state index in [1.54, 1.807) is 10.7 Å². The number of aliphatic hydroxyl groups is 1. The molecule has 168 valence electrons. The first-order valence-electron chi connectivity index (χ1n) is 10.9. The third-order valence-corrected chi connectivity index (χ3v) is 5.92. The van der Waals surface area contributed by atoms with E-state index in [-0.39, 0.29) is 17.7 Å². The monoisotopic (exact) mass is 440 g/mol. The van der Waals surface area contributed by atoms with Gasteiger partial charge in [-0.25, -0.2) is 4.68 Å². The first-order valence-corrected chi connectivity index (χ1v) is 10.9. The Morgan fingerprint density at radius 2 is 1.64 bits per heavy atom. The number of aromatic nitrogens is 3. The lowest BCUT2D eigenvalue weighted by molar-refractivity contribution is 0.0995. The number of nitrogens with zero attached hydrogens (tertiary/aromatic N) is 3. The van der Waals surface area contributed by atoms with E-state index in [9.17, 15) is 9.90 Å². The summed E-state index contributed by atoms with van der Waals surface area (Å²) in [4.78, 5) is 16.0. The lowest BCUT2D eigenvalue weighted by Gasteiger charge is -2.21. The molecule has 3 N–H and O–H groups in total. The van der Waals surface area contributed by atoms with E-state index in [1.165, 1.54) is 11.1 Å². The van der Waals surface area contributed by atoms with Gasteiger partial charge in [-0.05, 0) is 54.3 Å². The minimum Gasteiger partial charge on any atom is -0.395 e. The number of primary amides is 1. The van der Waals surface area contributed by atoms with Gasteiger partial charge in [0.05, 0.1) is 18.0 Å². The normalized spacial score (nSPS) is 11.5. The number of hydrogen-bond donors (Lipinski definition) is 2. The lowest BCUT2D eigenvalue weighted by Crippen LogP contribution is -2.22. The maximum atomic E-state index is 11.4. The summed E-state index contributed by atoms with van der Waals surface area (Å²) in [6.07, 6.45) is 2.65. The highest BCUT2D eigenvalue weighted by atomic mass is 16.3. The summed E-state index contributed by atoms with van der Waals surface area (Å²) in [7, 11) is 0. The van der Waals surface area contributed by atoms with Crippen LogP contribution in [0.1, 0.15) is 46.7 Å². The maximum Gasteiger partial charge on any atom is 0.269 e. The van der Waals surface area contributed by atoms with Crippen molar-refractivity contribution in [2.24, 2.45) is 5.73 Å². The van der Waals surface area contributed by atoms with Gasteiger partial charge in [-0.1, -0.05) is 56.3 Å². The highest BCUT2D eigenvalue weighted by molar-refractivity contribution is 5.90. The van der Waals surface area contributed by atoms with Gasteiger partial charge >= 0.3 is 0 Å². The molecule has 0 aliphatic heterocycles. The molecule has 0 aliphatic rings. The molecule has 0 radical (unpaired) electrons. The number of rotatable bonds is 7. The molecule has 0 spiro atoms. The molecule has 4 rings (SSSR count). The van der Waals surface area contributed by atoms with Crippen molar-refractivity contribution in [1.82, 2.24) is 14.8 Å². The summed E-state index contributed by atoms with van der Waals surface area (Å²) >= 11 is 0. The van der Waals surface area contributed by atoms with Crippen LogP contribution in [0.5, 0.6) is 0 Å². The molecule has 0 saturated heterocycles. The van der Waals surface area contributed by atoms with Crippen molar-refractivity contribution < 1.29 is 9.90 Å². The number of pyridine rings is 1. The summed E-state index contributed by atoms with van der Waals surface area (Å²) in [5, 5.41) is 13.8. The molecular formula is C27H28N4O2. The van der Waals surface area contributed by atoms with Gasteiger partial charge in [0.2, 0.25) is 0 Å². The van der Waals surface area contributed by atoms with Gasteiger partial charge in [-0.2, -0.15) is 5.10 Å².